The van der Waals surface area contributed by atoms with Crippen LogP contribution in [-0.2, 0) is 22.7 Å². The van der Waals surface area contributed by atoms with E-state index in [-0.39, 0.29) is 37.5 Å². The standard InChI is InChI=1S/C18H17BrN8O3/c19-14-6-20-7-15(24-14)25-16(28)8-27(11-1-2-11)17(29)9-26-4-3-12-13(5-23-30)21-10-22-18(12)26/h3-4,6-7,10-11H,1-2,5,8-9H2,(H,24,25,28). The van der Waals surface area contributed by atoms with Crippen molar-refractivity contribution in [2.24, 2.45) is 5.18 Å². The van der Waals surface area contributed by atoms with Crippen molar-refractivity contribution >= 4 is 44.6 Å². The molecule has 0 saturated heterocycles. The Hall–Kier alpha value is -3.28. The number of amides is 2. The van der Waals surface area contributed by atoms with Gasteiger partial charge in [-0.25, -0.2) is 15.0 Å². The Balaban J connectivity index is 1.47. The van der Waals surface area contributed by atoms with Crippen molar-refractivity contribution in [1.82, 2.24) is 29.4 Å². The molecule has 1 aliphatic carbocycles. The zero-order chi connectivity index (χ0) is 21.1. The normalized spacial score (nSPS) is 13.2. The Morgan fingerprint density at radius 2 is 2.13 bits per heavy atom. The molecule has 154 valence electrons. The summed E-state index contributed by atoms with van der Waals surface area (Å²) in [6, 6.07) is 1.80. The summed E-state index contributed by atoms with van der Waals surface area (Å²) in [5.41, 5.74) is 1.05. The minimum atomic E-state index is -0.346. The fourth-order valence-corrected chi connectivity index (χ4v) is 3.46. The molecular formula is C18H17BrN8O3. The first-order valence-electron chi connectivity index (χ1n) is 9.20. The third-order valence-electron chi connectivity index (χ3n) is 4.65. The molecule has 12 heteroatoms. The van der Waals surface area contributed by atoms with E-state index in [1.165, 1.54) is 18.7 Å². The quantitative estimate of drug-likeness (QED) is 0.494. The number of hydrogen-bond donors (Lipinski definition) is 1. The molecule has 1 N–H and O–H groups in total. The van der Waals surface area contributed by atoms with Crippen LogP contribution in [0.1, 0.15) is 18.5 Å². The van der Waals surface area contributed by atoms with Gasteiger partial charge < -0.3 is 14.8 Å². The van der Waals surface area contributed by atoms with Crippen LogP contribution in [0.3, 0.4) is 0 Å². The molecule has 1 fully saturated rings. The van der Waals surface area contributed by atoms with Gasteiger partial charge in [-0.05, 0) is 34.8 Å². The average Bonchev–Trinajstić information content (AvgIpc) is 3.48. The first kappa shape index (κ1) is 20.0. The molecule has 2 amide bonds. The van der Waals surface area contributed by atoms with Crippen molar-refractivity contribution < 1.29 is 9.59 Å². The van der Waals surface area contributed by atoms with E-state index in [9.17, 15) is 14.5 Å². The zero-order valence-corrected chi connectivity index (χ0v) is 17.3. The van der Waals surface area contributed by atoms with Gasteiger partial charge in [-0.3, -0.25) is 14.6 Å². The van der Waals surface area contributed by atoms with Gasteiger partial charge in [-0.2, -0.15) is 4.91 Å². The van der Waals surface area contributed by atoms with Crippen molar-refractivity contribution in [2.45, 2.75) is 32.0 Å². The van der Waals surface area contributed by atoms with E-state index in [0.717, 1.165) is 12.8 Å². The number of aromatic nitrogens is 5. The molecule has 30 heavy (non-hydrogen) atoms. The van der Waals surface area contributed by atoms with Crippen LogP contribution < -0.4 is 5.32 Å². The fraction of sp³-hybridized carbons (Fsp3) is 0.333. The van der Waals surface area contributed by atoms with Crippen LogP contribution in [0.25, 0.3) is 11.0 Å². The van der Waals surface area contributed by atoms with Gasteiger partial charge in [-0.1, -0.05) is 5.18 Å². The average molecular weight is 473 g/mol. The first-order chi connectivity index (χ1) is 14.5. The number of nitroso groups, excluding NO2 is 1. The van der Waals surface area contributed by atoms with Crippen LogP contribution in [0.5, 0.6) is 0 Å². The van der Waals surface area contributed by atoms with Crippen LogP contribution in [0, 0.1) is 4.91 Å². The largest absolute Gasteiger partial charge is 0.329 e. The highest BCUT2D eigenvalue weighted by Gasteiger charge is 2.34. The van der Waals surface area contributed by atoms with Gasteiger partial charge in [0.15, 0.2) is 5.82 Å². The Labute approximate surface area is 179 Å². The van der Waals surface area contributed by atoms with E-state index in [1.807, 2.05) is 0 Å². The third kappa shape index (κ3) is 4.48. The summed E-state index contributed by atoms with van der Waals surface area (Å²) in [6.07, 6.45) is 7.72. The molecule has 0 radical (unpaired) electrons. The van der Waals surface area contributed by atoms with Gasteiger partial charge in [-0.15, -0.1) is 0 Å². The van der Waals surface area contributed by atoms with Crippen LogP contribution in [0.15, 0.2) is 40.8 Å². The maximum atomic E-state index is 13.0. The van der Waals surface area contributed by atoms with Crippen LogP contribution in [-0.4, -0.2) is 53.8 Å². The Kier molecular flexibility index (Phi) is 5.74. The first-order valence-corrected chi connectivity index (χ1v) is 9.99. The number of hydrogen-bond acceptors (Lipinski definition) is 8. The lowest BCUT2D eigenvalue weighted by atomic mass is 10.3. The number of nitrogens with zero attached hydrogens (tertiary/aromatic N) is 7. The van der Waals surface area contributed by atoms with E-state index in [0.29, 0.717) is 27.1 Å². The molecule has 11 nitrogen and oxygen atoms in total. The van der Waals surface area contributed by atoms with E-state index in [2.05, 4.69) is 46.4 Å². The van der Waals surface area contributed by atoms with Crippen LogP contribution in [0.4, 0.5) is 5.82 Å². The van der Waals surface area contributed by atoms with Crippen molar-refractivity contribution in [3.8, 4) is 0 Å². The molecule has 0 spiro atoms. The molecule has 0 unspecified atom stereocenters. The molecule has 0 atom stereocenters. The van der Waals surface area contributed by atoms with Crippen molar-refractivity contribution in [1.29, 1.82) is 0 Å². The number of rotatable bonds is 8. The summed E-state index contributed by atoms with van der Waals surface area (Å²) in [7, 11) is 0. The summed E-state index contributed by atoms with van der Waals surface area (Å²) in [6.45, 7) is -0.120. The van der Waals surface area contributed by atoms with Gasteiger partial charge in [0, 0.05) is 17.6 Å². The summed E-state index contributed by atoms with van der Waals surface area (Å²) >= 11 is 3.20. The summed E-state index contributed by atoms with van der Waals surface area (Å²) in [5, 5.41) is 6.21. The van der Waals surface area contributed by atoms with Gasteiger partial charge in [0.2, 0.25) is 11.8 Å². The maximum Gasteiger partial charge on any atom is 0.245 e. The number of anilines is 1. The smallest absolute Gasteiger partial charge is 0.245 e. The molecule has 1 aliphatic rings. The van der Waals surface area contributed by atoms with Crippen molar-refractivity contribution in [3.63, 3.8) is 0 Å². The molecule has 0 bridgehead atoms. The minimum absolute atomic E-state index is 0.0228. The molecule has 0 aliphatic heterocycles. The molecule has 1 saturated carbocycles. The van der Waals surface area contributed by atoms with Crippen LogP contribution in [0.2, 0.25) is 0 Å². The number of halogens is 1. The number of carbonyl (C=O) groups is 2. The number of fused-ring (bicyclic) bond motifs is 1. The molecule has 4 rings (SSSR count). The predicted octanol–water partition coefficient (Wildman–Crippen LogP) is 1.88. The summed E-state index contributed by atoms with van der Waals surface area (Å²) in [5.74, 6) is -0.233. The molecule has 3 heterocycles. The SMILES string of the molecule is O=NCc1ncnc2c1ccn2CC(=O)N(CC(=O)Nc1cncc(Br)n1)C1CC1. The van der Waals surface area contributed by atoms with Gasteiger partial charge in [0.1, 0.15) is 36.2 Å². The molecule has 3 aromatic heterocycles. The topological polar surface area (TPSA) is 135 Å². The summed E-state index contributed by atoms with van der Waals surface area (Å²) < 4.78 is 2.18. The van der Waals surface area contributed by atoms with Gasteiger partial charge in [0.25, 0.3) is 0 Å². The molecular weight excluding hydrogens is 456 g/mol. The number of carbonyl (C=O) groups excluding carboxylic acids is 2. The maximum absolute atomic E-state index is 13.0. The second-order valence-electron chi connectivity index (χ2n) is 6.82. The Bertz CT molecular complexity index is 1110. The highest BCUT2D eigenvalue weighted by Crippen LogP contribution is 2.27. The highest BCUT2D eigenvalue weighted by atomic mass is 79.9. The second kappa shape index (κ2) is 8.61. The lowest BCUT2D eigenvalue weighted by Crippen LogP contribution is -2.41. The highest BCUT2D eigenvalue weighted by molar-refractivity contribution is 9.10. The van der Waals surface area contributed by atoms with Gasteiger partial charge in [0.05, 0.1) is 18.1 Å². The lowest BCUT2D eigenvalue weighted by molar-refractivity contribution is -0.135. The van der Waals surface area contributed by atoms with E-state index < -0.39 is 0 Å². The summed E-state index contributed by atoms with van der Waals surface area (Å²) in [4.78, 5) is 53.9. The predicted molar refractivity (Wildman–Crippen MR) is 110 cm³/mol. The Morgan fingerprint density at radius 3 is 2.87 bits per heavy atom. The van der Waals surface area contributed by atoms with E-state index in [4.69, 9.17) is 0 Å². The monoisotopic (exact) mass is 472 g/mol. The zero-order valence-electron chi connectivity index (χ0n) is 15.7. The molecule has 0 aromatic carbocycles. The van der Waals surface area contributed by atoms with E-state index >= 15 is 0 Å². The van der Waals surface area contributed by atoms with Gasteiger partial charge >= 0.3 is 0 Å². The second-order valence-corrected chi connectivity index (χ2v) is 7.63. The molecule has 3 aromatic rings. The fourth-order valence-electron chi connectivity index (χ4n) is 3.15. The van der Waals surface area contributed by atoms with Crippen molar-refractivity contribution in [3.05, 3.63) is 46.2 Å². The number of nitrogens with one attached hydrogen (secondary N) is 1. The lowest BCUT2D eigenvalue weighted by Gasteiger charge is -2.22. The Morgan fingerprint density at radius 1 is 1.30 bits per heavy atom. The van der Waals surface area contributed by atoms with Crippen LogP contribution >= 0.6 is 15.9 Å². The van der Waals surface area contributed by atoms with E-state index in [1.54, 1.807) is 21.7 Å². The minimum Gasteiger partial charge on any atom is -0.329 e. The van der Waals surface area contributed by atoms with Crippen molar-refractivity contribution in [2.75, 3.05) is 11.9 Å². The third-order valence-corrected chi connectivity index (χ3v) is 5.04.